The molecule has 6 nitrogen and oxygen atoms in total. The molecule has 0 spiro atoms. The van der Waals surface area contributed by atoms with Gasteiger partial charge in [0.15, 0.2) is 6.10 Å². The van der Waals surface area contributed by atoms with Gasteiger partial charge in [-0.3, -0.25) is 9.59 Å². The van der Waals surface area contributed by atoms with Crippen molar-refractivity contribution in [3.8, 4) is 11.5 Å². The molecule has 0 aliphatic carbocycles. The number of anilines is 2. The molecule has 126 valence electrons. The highest BCUT2D eigenvalue weighted by Gasteiger charge is 2.15. The highest BCUT2D eigenvalue weighted by molar-refractivity contribution is 5.95. The average Bonchev–Trinajstić information content (AvgIpc) is 2.54. The number of methoxy groups -OCH3 is 1. The SMILES string of the molecule is COc1cccc(O[C@@H](C)C(=O)Nc2cccc(NC(C)=O)c2)c1. The summed E-state index contributed by atoms with van der Waals surface area (Å²) < 4.78 is 10.7. The van der Waals surface area contributed by atoms with Gasteiger partial charge in [-0.2, -0.15) is 0 Å². The zero-order chi connectivity index (χ0) is 17.5. The van der Waals surface area contributed by atoms with Crippen LogP contribution in [0.1, 0.15) is 13.8 Å². The fourth-order valence-electron chi connectivity index (χ4n) is 2.05. The summed E-state index contributed by atoms with van der Waals surface area (Å²) >= 11 is 0. The van der Waals surface area contributed by atoms with Crippen LogP contribution in [0.15, 0.2) is 48.5 Å². The molecule has 2 aromatic carbocycles. The lowest BCUT2D eigenvalue weighted by Crippen LogP contribution is -2.30. The topological polar surface area (TPSA) is 76.7 Å². The maximum atomic E-state index is 12.3. The lowest BCUT2D eigenvalue weighted by molar-refractivity contribution is -0.122. The van der Waals surface area contributed by atoms with Gasteiger partial charge < -0.3 is 20.1 Å². The summed E-state index contributed by atoms with van der Waals surface area (Å²) in [6, 6.07) is 14.0. The zero-order valence-electron chi connectivity index (χ0n) is 13.8. The number of carbonyl (C=O) groups is 2. The Kier molecular flexibility index (Phi) is 5.78. The summed E-state index contributed by atoms with van der Waals surface area (Å²) in [6.07, 6.45) is -0.693. The van der Waals surface area contributed by atoms with E-state index in [2.05, 4.69) is 10.6 Å². The fraction of sp³-hybridized carbons (Fsp3) is 0.222. The van der Waals surface area contributed by atoms with Crippen LogP contribution >= 0.6 is 0 Å². The first kappa shape index (κ1) is 17.3. The molecule has 0 unspecified atom stereocenters. The Morgan fingerprint density at radius 3 is 2.25 bits per heavy atom. The standard InChI is InChI=1S/C18H20N2O4/c1-12(24-17-9-5-8-16(11-17)23-3)18(22)20-15-7-4-6-14(10-15)19-13(2)21/h4-12H,1-3H3,(H,19,21)(H,20,22)/t12-/m0/s1. The molecular formula is C18H20N2O4. The first-order valence-corrected chi connectivity index (χ1v) is 7.47. The van der Waals surface area contributed by atoms with Crippen LogP contribution in [0.2, 0.25) is 0 Å². The van der Waals surface area contributed by atoms with Crippen molar-refractivity contribution in [1.29, 1.82) is 0 Å². The third kappa shape index (κ3) is 5.01. The minimum atomic E-state index is -0.693. The van der Waals surface area contributed by atoms with Crippen molar-refractivity contribution in [2.75, 3.05) is 17.7 Å². The molecule has 24 heavy (non-hydrogen) atoms. The lowest BCUT2D eigenvalue weighted by atomic mass is 10.2. The predicted octanol–water partition coefficient (Wildman–Crippen LogP) is 3.06. The van der Waals surface area contributed by atoms with E-state index < -0.39 is 6.10 Å². The lowest BCUT2D eigenvalue weighted by Gasteiger charge is -2.15. The molecule has 0 aromatic heterocycles. The van der Waals surface area contributed by atoms with E-state index in [1.165, 1.54) is 6.92 Å². The number of amides is 2. The van der Waals surface area contributed by atoms with Gasteiger partial charge in [-0.05, 0) is 37.3 Å². The van der Waals surface area contributed by atoms with Crippen LogP contribution in [0.25, 0.3) is 0 Å². The monoisotopic (exact) mass is 328 g/mol. The number of hydrogen-bond donors (Lipinski definition) is 2. The number of carbonyl (C=O) groups excluding carboxylic acids is 2. The highest BCUT2D eigenvalue weighted by atomic mass is 16.5. The van der Waals surface area contributed by atoms with Gasteiger partial charge in [0.2, 0.25) is 5.91 Å². The van der Waals surface area contributed by atoms with Gasteiger partial charge in [0.05, 0.1) is 7.11 Å². The predicted molar refractivity (Wildman–Crippen MR) is 92.5 cm³/mol. The number of ether oxygens (including phenoxy) is 2. The van der Waals surface area contributed by atoms with Crippen LogP contribution in [0.5, 0.6) is 11.5 Å². The van der Waals surface area contributed by atoms with Gasteiger partial charge in [0.1, 0.15) is 11.5 Å². The average molecular weight is 328 g/mol. The van der Waals surface area contributed by atoms with Crippen LogP contribution in [0, 0.1) is 0 Å². The van der Waals surface area contributed by atoms with E-state index in [0.717, 1.165) is 0 Å². The second-order valence-electron chi connectivity index (χ2n) is 5.19. The molecule has 0 fully saturated rings. The molecule has 0 saturated heterocycles. The van der Waals surface area contributed by atoms with E-state index in [1.807, 2.05) is 0 Å². The van der Waals surface area contributed by atoms with Crippen molar-refractivity contribution in [1.82, 2.24) is 0 Å². The highest BCUT2D eigenvalue weighted by Crippen LogP contribution is 2.21. The second-order valence-corrected chi connectivity index (χ2v) is 5.19. The number of hydrogen-bond acceptors (Lipinski definition) is 4. The molecular weight excluding hydrogens is 308 g/mol. The number of nitrogens with one attached hydrogen (secondary N) is 2. The normalized spacial score (nSPS) is 11.3. The van der Waals surface area contributed by atoms with Crippen molar-refractivity contribution < 1.29 is 19.1 Å². The van der Waals surface area contributed by atoms with Crippen LogP contribution in [0.3, 0.4) is 0 Å². The van der Waals surface area contributed by atoms with Crippen molar-refractivity contribution in [2.45, 2.75) is 20.0 Å². The van der Waals surface area contributed by atoms with E-state index in [9.17, 15) is 9.59 Å². The molecule has 0 saturated carbocycles. The summed E-state index contributed by atoms with van der Waals surface area (Å²) in [4.78, 5) is 23.3. The summed E-state index contributed by atoms with van der Waals surface area (Å²) in [5.41, 5.74) is 1.19. The Balaban J connectivity index is 1.99. The zero-order valence-corrected chi connectivity index (χ0v) is 13.8. The van der Waals surface area contributed by atoms with Gasteiger partial charge >= 0.3 is 0 Å². The molecule has 0 heterocycles. The Hall–Kier alpha value is -3.02. The third-order valence-corrected chi connectivity index (χ3v) is 3.17. The largest absolute Gasteiger partial charge is 0.497 e. The molecule has 0 radical (unpaired) electrons. The Morgan fingerprint density at radius 2 is 1.58 bits per heavy atom. The summed E-state index contributed by atoms with van der Waals surface area (Å²) in [5.74, 6) is 0.734. The van der Waals surface area contributed by atoms with Gasteiger partial charge in [0.25, 0.3) is 5.91 Å². The van der Waals surface area contributed by atoms with Crippen LogP contribution in [-0.4, -0.2) is 25.0 Å². The van der Waals surface area contributed by atoms with Gasteiger partial charge in [-0.25, -0.2) is 0 Å². The molecule has 2 amide bonds. The third-order valence-electron chi connectivity index (χ3n) is 3.17. The van der Waals surface area contributed by atoms with Gasteiger partial charge in [-0.1, -0.05) is 12.1 Å². The van der Waals surface area contributed by atoms with E-state index >= 15 is 0 Å². The summed E-state index contributed by atoms with van der Waals surface area (Å²) in [6.45, 7) is 3.09. The Bertz CT molecular complexity index is 730. The quantitative estimate of drug-likeness (QED) is 0.854. The molecule has 1 atom stereocenters. The van der Waals surface area contributed by atoms with Crippen LogP contribution in [-0.2, 0) is 9.59 Å². The van der Waals surface area contributed by atoms with Crippen molar-refractivity contribution in [3.63, 3.8) is 0 Å². The summed E-state index contributed by atoms with van der Waals surface area (Å²) in [5, 5.41) is 5.42. The molecule has 0 aliphatic rings. The smallest absolute Gasteiger partial charge is 0.265 e. The molecule has 6 heteroatoms. The second kappa shape index (κ2) is 8.01. The minimum Gasteiger partial charge on any atom is -0.497 e. The van der Waals surface area contributed by atoms with Gasteiger partial charge in [0, 0.05) is 24.4 Å². The van der Waals surface area contributed by atoms with E-state index in [0.29, 0.717) is 22.9 Å². The van der Waals surface area contributed by atoms with E-state index in [1.54, 1.807) is 62.6 Å². The minimum absolute atomic E-state index is 0.173. The van der Waals surface area contributed by atoms with Crippen molar-refractivity contribution in [3.05, 3.63) is 48.5 Å². The Morgan fingerprint density at radius 1 is 0.958 bits per heavy atom. The van der Waals surface area contributed by atoms with Gasteiger partial charge in [-0.15, -0.1) is 0 Å². The number of benzene rings is 2. The van der Waals surface area contributed by atoms with Crippen LogP contribution in [0.4, 0.5) is 11.4 Å². The maximum Gasteiger partial charge on any atom is 0.265 e. The van der Waals surface area contributed by atoms with Crippen LogP contribution < -0.4 is 20.1 Å². The molecule has 0 bridgehead atoms. The van der Waals surface area contributed by atoms with E-state index in [-0.39, 0.29) is 11.8 Å². The molecule has 0 aliphatic heterocycles. The summed E-state index contributed by atoms with van der Waals surface area (Å²) in [7, 11) is 1.57. The molecule has 2 rings (SSSR count). The number of rotatable bonds is 6. The Labute approximate surface area is 140 Å². The van der Waals surface area contributed by atoms with E-state index in [4.69, 9.17) is 9.47 Å². The molecule has 2 aromatic rings. The first-order valence-electron chi connectivity index (χ1n) is 7.47. The van der Waals surface area contributed by atoms with Crippen molar-refractivity contribution in [2.24, 2.45) is 0 Å². The molecule has 2 N–H and O–H groups in total. The van der Waals surface area contributed by atoms with Crippen molar-refractivity contribution >= 4 is 23.2 Å². The fourth-order valence-corrected chi connectivity index (χ4v) is 2.05. The maximum absolute atomic E-state index is 12.3. The first-order chi connectivity index (χ1) is 11.5.